The van der Waals surface area contributed by atoms with E-state index in [1.165, 1.54) is 0 Å². The van der Waals surface area contributed by atoms with Crippen molar-refractivity contribution < 1.29 is 9.53 Å². The van der Waals surface area contributed by atoms with E-state index in [1.54, 1.807) is 4.90 Å². The average Bonchev–Trinajstić information content (AvgIpc) is 2.27. The molecule has 1 aliphatic rings. The molecule has 0 unspecified atom stereocenters. The van der Waals surface area contributed by atoms with E-state index < -0.39 is 0 Å². The van der Waals surface area contributed by atoms with Gasteiger partial charge in [-0.05, 0) is 12.0 Å². The highest BCUT2D eigenvalue weighted by Crippen LogP contribution is 2.17. The van der Waals surface area contributed by atoms with Crippen molar-refractivity contribution in [3.05, 3.63) is 35.9 Å². The first-order valence-corrected chi connectivity index (χ1v) is 5.24. The molecular weight excluding hydrogens is 202 g/mol. The van der Waals surface area contributed by atoms with Gasteiger partial charge in [0, 0.05) is 6.54 Å². The Hall–Kier alpha value is -1.95. The number of nitrogens with zero attached hydrogens (tertiary/aromatic N) is 1. The summed E-state index contributed by atoms with van der Waals surface area (Å²) in [5.41, 5.74) is 0.980. The molecule has 2 rings (SSSR count). The van der Waals surface area contributed by atoms with Crippen LogP contribution in [0.15, 0.2) is 30.3 Å². The number of rotatable bonds is 2. The lowest BCUT2D eigenvalue weighted by Gasteiger charge is -2.36. The van der Waals surface area contributed by atoms with Crippen molar-refractivity contribution in [2.24, 2.45) is 0 Å². The fraction of sp³-hybridized carbons (Fsp3) is 0.308. The Morgan fingerprint density at radius 2 is 2.25 bits per heavy atom. The molecule has 1 amide bonds. The summed E-state index contributed by atoms with van der Waals surface area (Å²) in [6.45, 7) is 0.996. The molecule has 0 aromatic heterocycles. The average molecular weight is 215 g/mol. The molecule has 3 heteroatoms. The van der Waals surface area contributed by atoms with Gasteiger partial charge < -0.3 is 4.74 Å². The summed E-state index contributed by atoms with van der Waals surface area (Å²) in [5, 5.41) is 0. The normalized spacial score (nSPS) is 18.4. The first kappa shape index (κ1) is 10.6. The predicted octanol–water partition coefficient (Wildman–Crippen LogP) is 2.03. The highest BCUT2D eigenvalue weighted by Gasteiger charge is 2.31. The molecule has 3 nitrogen and oxygen atoms in total. The van der Waals surface area contributed by atoms with Crippen molar-refractivity contribution in [3.8, 4) is 12.3 Å². The van der Waals surface area contributed by atoms with Crippen LogP contribution >= 0.6 is 0 Å². The van der Waals surface area contributed by atoms with Gasteiger partial charge in [0.2, 0.25) is 0 Å². The summed E-state index contributed by atoms with van der Waals surface area (Å²) in [6.07, 6.45) is 5.82. The van der Waals surface area contributed by atoms with Gasteiger partial charge >= 0.3 is 6.09 Å². The summed E-state index contributed by atoms with van der Waals surface area (Å²) in [5.74, 6) is 2.56. The van der Waals surface area contributed by atoms with Crippen LogP contribution < -0.4 is 0 Å². The Bertz CT molecular complexity index is 408. The minimum Gasteiger partial charge on any atom is -0.445 e. The van der Waals surface area contributed by atoms with Crippen LogP contribution in [-0.4, -0.2) is 23.6 Å². The molecule has 1 aromatic carbocycles. The second-order valence-corrected chi connectivity index (χ2v) is 3.70. The molecule has 16 heavy (non-hydrogen) atoms. The molecule has 82 valence electrons. The predicted molar refractivity (Wildman–Crippen MR) is 60.6 cm³/mol. The van der Waals surface area contributed by atoms with Crippen LogP contribution in [0.4, 0.5) is 4.79 Å². The second kappa shape index (κ2) is 4.71. The highest BCUT2D eigenvalue weighted by molar-refractivity contribution is 5.69. The van der Waals surface area contributed by atoms with Crippen molar-refractivity contribution in [2.45, 2.75) is 19.1 Å². The summed E-state index contributed by atoms with van der Waals surface area (Å²) in [6, 6.07) is 9.51. The van der Waals surface area contributed by atoms with E-state index in [2.05, 4.69) is 5.92 Å². The van der Waals surface area contributed by atoms with E-state index in [0.717, 1.165) is 12.0 Å². The van der Waals surface area contributed by atoms with Gasteiger partial charge in [0.05, 0.1) is 6.04 Å². The number of ether oxygens (including phenoxy) is 1. The number of amides is 1. The van der Waals surface area contributed by atoms with Gasteiger partial charge in [0.25, 0.3) is 0 Å². The van der Waals surface area contributed by atoms with Gasteiger partial charge in [0.15, 0.2) is 0 Å². The van der Waals surface area contributed by atoms with Crippen LogP contribution in [0.5, 0.6) is 0 Å². The van der Waals surface area contributed by atoms with E-state index in [-0.39, 0.29) is 12.1 Å². The third kappa shape index (κ3) is 2.17. The highest BCUT2D eigenvalue weighted by atomic mass is 16.6. The smallest absolute Gasteiger partial charge is 0.411 e. The number of likely N-dealkylation sites (tertiary alicyclic amines) is 1. The fourth-order valence-electron chi connectivity index (χ4n) is 1.58. The summed E-state index contributed by atoms with van der Waals surface area (Å²) < 4.78 is 5.16. The Kier molecular flexibility index (Phi) is 3.11. The van der Waals surface area contributed by atoms with Crippen molar-refractivity contribution in [1.82, 2.24) is 4.90 Å². The summed E-state index contributed by atoms with van der Waals surface area (Å²) >= 11 is 0. The number of terminal acetylenes is 1. The molecule has 1 fully saturated rings. The van der Waals surface area contributed by atoms with E-state index in [0.29, 0.717) is 13.2 Å². The van der Waals surface area contributed by atoms with Crippen LogP contribution in [0.25, 0.3) is 0 Å². The molecular formula is C13H13NO2. The quantitative estimate of drug-likeness (QED) is 0.706. The van der Waals surface area contributed by atoms with Crippen LogP contribution in [-0.2, 0) is 11.3 Å². The fourth-order valence-corrected chi connectivity index (χ4v) is 1.58. The van der Waals surface area contributed by atoms with E-state index >= 15 is 0 Å². The first-order chi connectivity index (χ1) is 7.81. The maximum atomic E-state index is 11.6. The lowest BCUT2D eigenvalue weighted by atomic mass is 10.1. The van der Waals surface area contributed by atoms with Crippen molar-refractivity contribution >= 4 is 6.09 Å². The maximum absolute atomic E-state index is 11.6. The van der Waals surface area contributed by atoms with Gasteiger partial charge in [0.1, 0.15) is 6.61 Å². The number of hydrogen-bond donors (Lipinski definition) is 0. The Morgan fingerprint density at radius 3 is 2.81 bits per heavy atom. The summed E-state index contributed by atoms with van der Waals surface area (Å²) in [7, 11) is 0. The van der Waals surface area contributed by atoms with Gasteiger partial charge in [-0.25, -0.2) is 4.79 Å². The third-order valence-corrected chi connectivity index (χ3v) is 2.65. The van der Waals surface area contributed by atoms with Gasteiger partial charge in [-0.3, -0.25) is 4.90 Å². The summed E-state index contributed by atoms with van der Waals surface area (Å²) in [4.78, 5) is 13.1. The van der Waals surface area contributed by atoms with Crippen molar-refractivity contribution in [3.63, 3.8) is 0 Å². The maximum Gasteiger partial charge on any atom is 0.411 e. The number of hydrogen-bond acceptors (Lipinski definition) is 2. The van der Waals surface area contributed by atoms with E-state index in [4.69, 9.17) is 11.2 Å². The van der Waals surface area contributed by atoms with E-state index in [9.17, 15) is 4.79 Å². The molecule has 1 aromatic rings. The zero-order valence-electron chi connectivity index (χ0n) is 8.93. The van der Waals surface area contributed by atoms with Crippen LogP contribution in [0.1, 0.15) is 12.0 Å². The monoisotopic (exact) mass is 215 g/mol. The van der Waals surface area contributed by atoms with Crippen LogP contribution in [0.2, 0.25) is 0 Å². The molecule has 1 saturated heterocycles. The molecule has 0 radical (unpaired) electrons. The molecule has 0 aliphatic carbocycles. The lowest BCUT2D eigenvalue weighted by molar-refractivity contribution is 0.0600. The van der Waals surface area contributed by atoms with Crippen molar-refractivity contribution in [2.75, 3.05) is 6.54 Å². The van der Waals surface area contributed by atoms with Gasteiger partial charge in [-0.1, -0.05) is 36.3 Å². The SMILES string of the molecule is C#C[C@H]1CCN1C(=O)OCc1ccccc1. The number of carbonyl (C=O) groups is 1. The standard InChI is InChI=1S/C13H13NO2/c1-2-12-8-9-14(12)13(15)16-10-11-6-4-3-5-7-11/h1,3-7,12H,8-10H2/t12-/m0/s1. The molecule has 1 heterocycles. The zero-order chi connectivity index (χ0) is 11.4. The molecule has 0 saturated carbocycles. The van der Waals surface area contributed by atoms with Crippen LogP contribution in [0.3, 0.4) is 0 Å². The third-order valence-electron chi connectivity index (χ3n) is 2.65. The molecule has 1 atom stereocenters. The Morgan fingerprint density at radius 1 is 1.50 bits per heavy atom. The topological polar surface area (TPSA) is 29.5 Å². The number of carbonyl (C=O) groups excluding carboxylic acids is 1. The van der Waals surface area contributed by atoms with Crippen molar-refractivity contribution in [1.29, 1.82) is 0 Å². The van der Waals surface area contributed by atoms with Gasteiger partial charge in [-0.2, -0.15) is 0 Å². The second-order valence-electron chi connectivity index (χ2n) is 3.70. The molecule has 0 spiro atoms. The van der Waals surface area contributed by atoms with E-state index in [1.807, 2.05) is 30.3 Å². The minimum atomic E-state index is -0.321. The lowest BCUT2D eigenvalue weighted by Crippen LogP contribution is -2.50. The first-order valence-electron chi connectivity index (χ1n) is 5.24. The number of benzene rings is 1. The Balaban J connectivity index is 1.83. The Labute approximate surface area is 95.0 Å². The largest absolute Gasteiger partial charge is 0.445 e. The van der Waals surface area contributed by atoms with Gasteiger partial charge in [-0.15, -0.1) is 6.42 Å². The van der Waals surface area contributed by atoms with Crippen LogP contribution in [0, 0.1) is 12.3 Å². The molecule has 1 aliphatic heterocycles. The molecule has 0 bridgehead atoms. The zero-order valence-corrected chi connectivity index (χ0v) is 8.93. The minimum absolute atomic E-state index is 0.0803. The molecule has 0 N–H and O–H groups in total.